The first-order valence-corrected chi connectivity index (χ1v) is 8.04. The van der Waals surface area contributed by atoms with Gasteiger partial charge in [0.05, 0.1) is 12.8 Å². The largest absolute Gasteiger partial charge is 0.508 e. The van der Waals surface area contributed by atoms with E-state index in [0.717, 1.165) is 33.4 Å². The molecule has 2 rings (SSSR count). The van der Waals surface area contributed by atoms with E-state index in [1.54, 1.807) is 6.07 Å². The van der Waals surface area contributed by atoms with Crippen LogP contribution in [0.25, 0.3) is 0 Å². The molecular formula is C20H24O6. The third kappa shape index (κ3) is 5.51. The van der Waals surface area contributed by atoms with Gasteiger partial charge in [0.25, 0.3) is 0 Å². The Hall–Kier alpha value is -3.02. The maximum Gasteiger partial charge on any atom is 0.307 e. The van der Waals surface area contributed by atoms with Crippen molar-refractivity contribution in [3.8, 4) is 11.5 Å². The lowest BCUT2D eigenvalue weighted by Gasteiger charge is -2.18. The molecule has 0 bridgehead atoms. The average Bonchev–Trinajstić information content (AvgIpc) is 2.54. The first kappa shape index (κ1) is 21.0. The molecule has 0 radical (unpaired) electrons. The van der Waals surface area contributed by atoms with E-state index >= 15 is 0 Å². The molecule has 0 amide bonds. The quantitative estimate of drug-likeness (QED) is 0.665. The normalized spacial score (nSPS) is 10.0. The first-order chi connectivity index (χ1) is 12.0. The fourth-order valence-electron chi connectivity index (χ4n) is 2.79. The van der Waals surface area contributed by atoms with Gasteiger partial charge in [-0.3, -0.25) is 9.59 Å². The zero-order valence-electron chi connectivity index (χ0n) is 15.3. The van der Waals surface area contributed by atoms with Crippen molar-refractivity contribution in [3.63, 3.8) is 0 Å². The minimum absolute atomic E-state index is 0.0211. The van der Waals surface area contributed by atoms with Crippen LogP contribution in [0.4, 0.5) is 0 Å². The highest BCUT2D eigenvalue weighted by Gasteiger charge is 2.17. The van der Waals surface area contributed by atoms with Crippen molar-refractivity contribution in [1.82, 2.24) is 0 Å². The fourth-order valence-corrected chi connectivity index (χ4v) is 2.79. The van der Waals surface area contributed by atoms with E-state index < -0.39 is 11.9 Å². The van der Waals surface area contributed by atoms with Gasteiger partial charge in [-0.15, -0.1) is 0 Å². The van der Waals surface area contributed by atoms with Gasteiger partial charge in [0, 0.05) is 6.07 Å². The molecule has 0 aliphatic carbocycles. The summed E-state index contributed by atoms with van der Waals surface area (Å²) in [6.07, 6.45) is -0.0423. The fraction of sp³-hybridized carbons (Fsp3) is 0.300. The number of hydrogen-bond acceptors (Lipinski definition) is 4. The van der Waals surface area contributed by atoms with Gasteiger partial charge in [-0.05, 0) is 73.2 Å². The third-order valence-electron chi connectivity index (χ3n) is 4.42. The van der Waals surface area contributed by atoms with Crippen molar-refractivity contribution in [1.29, 1.82) is 0 Å². The number of aliphatic carboxylic acids is 2. The number of phenolic OH excluding ortho intramolecular Hbond substituents is 2. The Morgan fingerprint density at radius 3 is 1.23 bits per heavy atom. The van der Waals surface area contributed by atoms with Gasteiger partial charge >= 0.3 is 11.9 Å². The molecule has 0 saturated carbocycles. The second-order valence-electron chi connectivity index (χ2n) is 6.12. The number of phenols is 2. The molecule has 0 atom stereocenters. The van der Waals surface area contributed by atoms with Crippen molar-refractivity contribution in [2.75, 3.05) is 0 Å². The zero-order chi connectivity index (χ0) is 20.0. The maximum absolute atomic E-state index is 10.9. The molecule has 140 valence electrons. The van der Waals surface area contributed by atoms with E-state index in [2.05, 4.69) is 0 Å². The van der Waals surface area contributed by atoms with E-state index in [-0.39, 0.29) is 24.3 Å². The summed E-state index contributed by atoms with van der Waals surface area (Å²) in [6, 6.07) is 5.85. The van der Waals surface area contributed by atoms with E-state index in [9.17, 15) is 9.59 Å². The Balaban J connectivity index is 0.000000350. The summed E-state index contributed by atoms with van der Waals surface area (Å²) in [5.41, 5.74) is 5.14. The standard InChI is InChI=1S/C14H18O4.C6H6O2/c1-7-8(2)12(6-14(17)18)10(4)9(3)11(7)5-13(15)16;7-5-2-1-3-6(8)4-5/h5-6H2,1-4H3,(H,15,16)(H,17,18);1-4,7-8H. The Morgan fingerprint density at radius 1 is 0.731 bits per heavy atom. The smallest absolute Gasteiger partial charge is 0.307 e. The predicted octanol–water partition coefficient (Wildman–Crippen LogP) is 3.27. The zero-order valence-corrected chi connectivity index (χ0v) is 15.3. The van der Waals surface area contributed by atoms with Gasteiger partial charge in [0.1, 0.15) is 11.5 Å². The van der Waals surface area contributed by atoms with Crippen LogP contribution >= 0.6 is 0 Å². The number of aromatic hydroxyl groups is 2. The molecule has 26 heavy (non-hydrogen) atoms. The molecule has 0 spiro atoms. The second kappa shape index (κ2) is 8.89. The number of carboxylic acids is 2. The second-order valence-corrected chi connectivity index (χ2v) is 6.12. The van der Waals surface area contributed by atoms with Crippen molar-refractivity contribution in [3.05, 3.63) is 57.6 Å². The Kier molecular flexibility index (Phi) is 7.19. The maximum atomic E-state index is 10.9. The third-order valence-corrected chi connectivity index (χ3v) is 4.42. The number of rotatable bonds is 4. The lowest BCUT2D eigenvalue weighted by Crippen LogP contribution is -2.12. The molecule has 0 aromatic heterocycles. The van der Waals surface area contributed by atoms with E-state index in [1.807, 2.05) is 27.7 Å². The van der Waals surface area contributed by atoms with Gasteiger partial charge in [0.2, 0.25) is 0 Å². The van der Waals surface area contributed by atoms with Gasteiger partial charge in [-0.2, -0.15) is 0 Å². The SMILES string of the molecule is Cc1c(C)c(CC(=O)O)c(C)c(C)c1CC(=O)O.Oc1cccc(O)c1. The van der Waals surface area contributed by atoms with Gasteiger partial charge in [-0.25, -0.2) is 0 Å². The number of hydrogen-bond donors (Lipinski definition) is 4. The Labute approximate surface area is 152 Å². The molecule has 6 nitrogen and oxygen atoms in total. The molecule has 2 aromatic rings. The number of carboxylic acid groups (broad SMARTS) is 2. The van der Waals surface area contributed by atoms with E-state index in [0.29, 0.717) is 0 Å². The van der Waals surface area contributed by atoms with Crippen LogP contribution in [-0.2, 0) is 22.4 Å². The topological polar surface area (TPSA) is 115 Å². The molecule has 4 N–H and O–H groups in total. The average molecular weight is 360 g/mol. The predicted molar refractivity (Wildman–Crippen MR) is 97.8 cm³/mol. The van der Waals surface area contributed by atoms with E-state index in [4.69, 9.17) is 20.4 Å². The summed E-state index contributed by atoms with van der Waals surface area (Å²) in [5, 5.41) is 35.1. The Bertz CT molecular complexity index is 730. The molecular weight excluding hydrogens is 336 g/mol. The van der Waals surface area contributed by atoms with Crippen LogP contribution in [-0.4, -0.2) is 32.4 Å². The monoisotopic (exact) mass is 360 g/mol. The van der Waals surface area contributed by atoms with Gasteiger partial charge in [-0.1, -0.05) is 6.07 Å². The summed E-state index contributed by atoms with van der Waals surface area (Å²) in [6.45, 7) is 7.41. The lowest BCUT2D eigenvalue weighted by atomic mass is 9.86. The number of benzene rings is 2. The van der Waals surface area contributed by atoms with Crippen LogP contribution in [0.15, 0.2) is 24.3 Å². The molecule has 0 fully saturated rings. The molecule has 0 heterocycles. The van der Waals surface area contributed by atoms with Crippen molar-refractivity contribution in [2.24, 2.45) is 0 Å². The summed E-state index contributed by atoms with van der Waals surface area (Å²) >= 11 is 0. The van der Waals surface area contributed by atoms with Crippen molar-refractivity contribution in [2.45, 2.75) is 40.5 Å². The molecule has 0 saturated heterocycles. The molecule has 0 aliphatic heterocycles. The van der Waals surface area contributed by atoms with Crippen LogP contribution in [0, 0.1) is 27.7 Å². The summed E-state index contributed by atoms with van der Waals surface area (Å²) in [4.78, 5) is 21.7. The minimum Gasteiger partial charge on any atom is -0.508 e. The van der Waals surface area contributed by atoms with Crippen LogP contribution in [0.2, 0.25) is 0 Å². The van der Waals surface area contributed by atoms with Crippen LogP contribution < -0.4 is 0 Å². The molecule has 0 aliphatic rings. The minimum atomic E-state index is -0.869. The van der Waals surface area contributed by atoms with Crippen molar-refractivity contribution >= 4 is 11.9 Å². The van der Waals surface area contributed by atoms with Crippen LogP contribution in [0.1, 0.15) is 33.4 Å². The highest BCUT2D eigenvalue weighted by molar-refractivity contribution is 5.75. The van der Waals surface area contributed by atoms with Gasteiger partial charge in [0.15, 0.2) is 0 Å². The summed E-state index contributed by atoms with van der Waals surface area (Å²) in [5.74, 6) is -1.56. The lowest BCUT2D eigenvalue weighted by molar-refractivity contribution is -0.137. The van der Waals surface area contributed by atoms with Crippen molar-refractivity contribution < 1.29 is 30.0 Å². The highest BCUT2D eigenvalue weighted by Crippen LogP contribution is 2.27. The molecule has 6 heteroatoms. The molecule has 0 unspecified atom stereocenters. The molecule has 2 aromatic carbocycles. The first-order valence-electron chi connectivity index (χ1n) is 8.04. The Morgan fingerprint density at radius 2 is 1.04 bits per heavy atom. The highest BCUT2D eigenvalue weighted by atomic mass is 16.4. The van der Waals surface area contributed by atoms with E-state index in [1.165, 1.54) is 18.2 Å². The van der Waals surface area contributed by atoms with Gasteiger partial charge < -0.3 is 20.4 Å². The number of carbonyl (C=O) groups is 2. The summed E-state index contributed by atoms with van der Waals surface area (Å²) in [7, 11) is 0. The summed E-state index contributed by atoms with van der Waals surface area (Å²) < 4.78 is 0. The van der Waals surface area contributed by atoms with Crippen LogP contribution in [0.3, 0.4) is 0 Å². The van der Waals surface area contributed by atoms with Crippen LogP contribution in [0.5, 0.6) is 11.5 Å².